The van der Waals surface area contributed by atoms with Gasteiger partial charge in [-0.2, -0.15) is 5.26 Å². The number of thiazole rings is 1. The first-order chi connectivity index (χ1) is 12.0. The Hall–Kier alpha value is -2.34. The van der Waals surface area contributed by atoms with Gasteiger partial charge in [-0.3, -0.25) is 4.72 Å². The molecule has 0 radical (unpaired) electrons. The maximum absolute atomic E-state index is 11.2. The SMILES string of the molecule is CSNCCn1cc(C#N)c2cc(-c3nc(C)c(C(=O)O)s3)ccc21. The number of nitriles is 1. The zero-order chi connectivity index (χ0) is 18.0. The molecule has 25 heavy (non-hydrogen) atoms. The Labute approximate surface area is 153 Å². The van der Waals surface area contributed by atoms with Crippen LogP contribution in [0.15, 0.2) is 24.4 Å². The molecular weight excluding hydrogens is 356 g/mol. The topological polar surface area (TPSA) is 90.9 Å². The van der Waals surface area contributed by atoms with Gasteiger partial charge in [-0.05, 0) is 31.4 Å². The second-order valence-corrected chi connectivity index (χ2v) is 7.11. The number of nitrogens with zero attached hydrogens (tertiary/aromatic N) is 3. The van der Waals surface area contributed by atoms with E-state index in [2.05, 4.69) is 20.3 Å². The first kappa shape index (κ1) is 17.5. The van der Waals surface area contributed by atoms with Gasteiger partial charge < -0.3 is 9.67 Å². The molecule has 0 unspecified atom stereocenters. The fraction of sp³-hybridized carbons (Fsp3) is 0.235. The van der Waals surface area contributed by atoms with E-state index in [4.69, 9.17) is 0 Å². The summed E-state index contributed by atoms with van der Waals surface area (Å²) < 4.78 is 5.25. The van der Waals surface area contributed by atoms with Crippen molar-refractivity contribution < 1.29 is 9.90 Å². The predicted molar refractivity (Wildman–Crippen MR) is 101 cm³/mol. The number of carboxylic acid groups (broad SMARTS) is 1. The number of aromatic carboxylic acids is 1. The van der Waals surface area contributed by atoms with E-state index in [-0.39, 0.29) is 4.88 Å². The number of aromatic nitrogens is 2. The molecule has 2 heterocycles. The molecule has 0 spiro atoms. The second-order valence-electron chi connectivity index (χ2n) is 5.42. The Morgan fingerprint density at radius 1 is 1.52 bits per heavy atom. The summed E-state index contributed by atoms with van der Waals surface area (Å²) in [5.41, 5.74) is 2.92. The summed E-state index contributed by atoms with van der Waals surface area (Å²) in [6.07, 6.45) is 3.83. The lowest BCUT2D eigenvalue weighted by Gasteiger charge is -2.05. The quantitative estimate of drug-likeness (QED) is 0.508. The third kappa shape index (κ3) is 3.39. The molecule has 3 rings (SSSR count). The Morgan fingerprint density at radius 3 is 2.96 bits per heavy atom. The number of carbonyl (C=O) groups is 1. The molecule has 3 aromatic rings. The van der Waals surface area contributed by atoms with Crippen LogP contribution in [-0.4, -0.2) is 33.4 Å². The molecule has 0 amide bonds. The number of hydrogen-bond donors (Lipinski definition) is 2. The minimum Gasteiger partial charge on any atom is -0.477 e. The van der Waals surface area contributed by atoms with Crippen molar-refractivity contribution in [3.63, 3.8) is 0 Å². The Kier molecular flexibility index (Phi) is 5.08. The van der Waals surface area contributed by atoms with Gasteiger partial charge in [-0.15, -0.1) is 11.3 Å². The first-order valence-electron chi connectivity index (χ1n) is 7.55. The van der Waals surface area contributed by atoms with Crippen LogP contribution in [0.3, 0.4) is 0 Å². The monoisotopic (exact) mass is 372 g/mol. The molecule has 0 aliphatic rings. The number of benzene rings is 1. The van der Waals surface area contributed by atoms with Gasteiger partial charge in [-0.1, -0.05) is 11.9 Å². The van der Waals surface area contributed by atoms with Crippen LogP contribution in [0.2, 0.25) is 0 Å². The molecule has 2 aromatic heterocycles. The van der Waals surface area contributed by atoms with Crippen molar-refractivity contribution in [2.75, 3.05) is 12.8 Å². The van der Waals surface area contributed by atoms with Gasteiger partial charge in [0.25, 0.3) is 0 Å². The Morgan fingerprint density at radius 2 is 2.32 bits per heavy atom. The molecule has 0 aliphatic heterocycles. The van der Waals surface area contributed by atoms with Gasteiger partial charge >= 0.3 is 5.97 Å². The van der Waals surface area contributed by atoms with E-state index in [1.165, 1.54) is 0 Å². The molecule has 1 aromatic carbocycles. The van der Waals surface area contributed by atoms with E-state index < -0.39 is 5.97 Å². The Bertz CT molecular complexity index is 985. The van der Waals surface area contributed by atoms with E-state index in [9.17, 15) is 15.2 Å². The average Bonchev–Trinajstić information content (AvgIpc) is 3.15. The van der Waals surface area contributed by atoms with E-state index in [0.717, 1.165) is 40.9 Å². The second kappa shape index (κ2) is 7.27. The van der Waals surface area contributed by atoms with Gasteiger partial charge in [0, 0.05) is 35.8 Å². The molecule has 0 bridgehead atoms. The smallest absolute Gasteiger partial charge is 0.347 e. The van der Waals surface area contributed by atoms with Crippen molar-refractivity contribution in [1.82, 2.24) is 14.3 Å². The maximum Gasteiger partial charge on any atom is 0.347 e. The van der Waals surface area contributed by atoms with Gasteiger partial charge in [0.2, 0.25) is 0 Å². The maximum atomic E-state index is 11.2. The summed E-state index contributed by atoms with van der Waals surface area (Å²) in [5.74, 6) is -0.965. The van der Waals surface area contributed by atoms with Gasteiger partial charge in [0.15, 0.2) is 0 Å². The van der Waals surface area contributed by atoms with Crippen LogP contribution < -0.4 is 4.72 Å². The molecule has 0 atom stereocenters. The minimum atomic E-state index is -0.965. The van der Waals surface area contributed by atoms with Crippen molar-refractivity contribution in [3.05, 3.63) is 40.5 Å². The molecule has 128 valence electrons. The summed E-state index contributed by atoms with van der Waals surface area (Å²) in [5, 5.41) is 20.1. The highest BCUT2D eigenvalue weighted by atomic mass is 32.2. The fourth-order valence-corrected chi connectivity index (χ4v) is 3.89. The number of aryl methyl sites for hydroxylation is 1. The third-order valence-corrected chi connectivity index (χ3v) is 5.53. The molecule has 0 fully saturated rings. The first-order valence-corrected chi connectivity index (χ1v) is 9.59. The van der Waals surface area contributed by atoms with Crippen molar-refractivity contribution in [1.29, 1.82) is 5.26 Å². The normalized spacial score (nSPS) is 10.9. The number of hydrogen-bond acceptors (Lipinski definition) is 6. The largest absolute Gasteiger partial charge is 0.477 e. The van der Waals surface area contributed by atoms with Crippen molar-refractivity contribution >= 4 is 40.2 Å². The van der Waals surface area contributed by atoms with E-state index in [0.29, 0.717) is 16.3 Å². The predicted octanol–water partition coefficient (Wildman–Crippen LogP) is 3.51. The summed E-state index contributed by atoms with van der Waals surface area (Å²) in [6, 6.07) is 8.03. The zero-order valence-electron chi connectivity index (χ0n) is 13.7. The fourth-order valence-electron chi connectivity index (χ4n) is 2.69. The van der Waals surface area contributed by atoms with Crippen molar-refractivity contribution in [3.8, 4) is 16.6 Å². The molecule has 0 saturated heterocycles. The average molecular weight is 372 g/mol. The lowest BCUT2D eigenvalue weighted by Crippen LogP contribution is -2.11. The van der Waals surface area contributed by atoms with Gasteiger partial charge in [-0.25, -0.2) is 9.78 Å². The molecular formula is C17H16N4O2S2. The molecule has 0 aliphatic carbocycles. The van der Waals surface area contributed by atoms with Crippen molar-refractivity contribution in [2.45, 2.75) is 13.5 Å². The minimum absolute atomic E-state index is 0.247. The van der Waals surface area contributed by atoms with Crippen LogP contribution in [-0.2, 0) is 6.54 Å². The number of carboxylic acids is 1. The third-order valence-electron chi connectivity index (χ3n) is 3.84. The number of nitrogens with one attached hydrogen (secondary N) is 1. The van der Waals surface area contributed by atoms with E-state index >= 15 is 0 Å². The Balaban J connectivity index is 2.04. The van der Waals surface area contributed by atoms with Crippen LogP contribution in [0, 0.1) is 18.3 Å². The lowest BCUT2D eigenvalue weighted by molar-refractivity contribution is 0.0701. The van der Waals surface area contributed by atoms with Crippen LogP contribution in [0.1, 0.15) is 20.9 Å². The summed E-state index contributed by atoms with van der Waals surface area (Å²) in [7, 11) is 0. The number of fused-ring (bicyclic) bond motifs is 1. The van der Waals surface area contributed by atoms with Crippen LogP contribution >= 0.6 is 23.3 Å². The molecule has 6 nitrogen and oxygen atoms in total. The standard InChI is InChI=1S/C17H16N4O2S2/c1-10-15(17(22)23)25-16(20-10)11-3-4-14-13(7-11)12(8-18)9-21(14)6-5-19-24-2/h3-4,7,9,19H,5-6H2,1-2H3,(H,22,23). The van der Waals surface area contributed by atoms with Crippen LogP contribution in [0.25, 0.3) is 21.5 Å². The van der Waals surface area contributed by atoms with Crippen molar-refractivity contribution in [2.24, 2.45) is 0 Å². The van der Waals surface area contributed by atoms with E-state index in [1.54, 1.807) is 18.9 Å². The summed E-state index contributed by atoms with van der Waals surface area (Å²) >= 11 is 2.71. The van der Waals surface area contributed by atoms with E-state index in [1.807, 2.05) is 30.7 Å². The molecule has 2 N–H and O–H groups in total. The van der Waals surface area contributed by atoms with Crippen LogP contribution in [0.5, 0.6) is 0 Å². The van der Waals surface area contributed by atoms with Gasteiger partial charge in [0.05, 0.1) is 11.3 Å². The molecule has 8 heteroatoms. The van der Waals surface area contributed by atoms with Crippen LogP contribution in [0.4, 0.5) is 0 Å². The summed E-state index contributed by atoms with van der Waals surface area (Å²) in [4.78, 5) is 15.8. The summed E-state index contributed by atoms with van der Waals surface area (Å²) in [6.45, 7) is 3.25. The zero-order valence-corrected chi connectivity index (χ0v) is 15.4. The highest BCUT2D eigenvalue weighted by Gasteiger charge is 2.16. The highest BCUT2D eigenvalue weighted by molar-refractivity contribution is 7.96. The van der Waals surface area contributed by atoms with Gasteiger partial charge in [0.1, 0.15) is 16.0 Å². The number of rotatable bonds is 6. The highest BCUT2D eigenvalue weighted by Crippen LogP contribution is 2.31. The molecule has 0 saturated carbocycles. The lowest BCUT2D eigenvalue weighted by atomic mass is 10.1.